The first-order valence-corrected chi connectivity index (χ1v) is 6.18. The van der Waals surface area contributed by atoms with Gasteiger partial charge in [0.1, 0.15) is 0 Å². The fourth-order valence-electron chi connectivity index (χ4n) is 0. The van der Waals surface area contributed by atoms with Crippen LogP contribution in [0.2, 0.25) is 6.55 Å². The maximum absolute atomic E-state index is 5.50. The maximum Gasteiger partial charge on any atom is 0.270 e. The quantitative estimate of drug-likeness (QED) is 0.509. The van der Waals surface area contributed by atoms with Crippen LogP contribution in [0.1, 0.15) is 0 Å². The minimum absolute atomic E-state index is 0. The van der Waals surface area contributed by atoms with Crippen LogP contribution in [0.4, 0.5) is 0 Å². The van der Waals surface area contributed by atoms with Crippen molar-refractivity contribution in [3.8, 4) is 0 Å². The normalized spacial score (nSPS) is 9.57. The molecule has 0 amide bonds. The maximum atomic E-state index is 5.50. The van der Waals surface area contributed by atoms with Crippen molar-refractivity contribution in [2.45, 2.75) is 6.55 Å². The summed E-state index contributed by atoms with van der Waals surface area (Å²) >= 11 is 11.0. The molecule has 0 unspecified atom stereocenters. The van der Waals surface area contributed by atoms with Gasteiger partial charge in [0.2, 0.25) is 0 Å². The summed E-state index contributed by atoms with van der Waals surface area (Å²) in [5.41, 5.74) is 1.61. The first-order chi connectivity index (χ1) is 2.56. The van der Waals surface area contributed by atoms with Gasteiger partial charge in [0.15, 0.2) is 0 Å². The van der Waals surface area contributed by atoms with Crippen LogP contribution in [-0.4, -0.2) is 6.69 Å². The molecule has 7 heavy (non-hydrogen) atoms. The summed E-state index contributed by atoms with van der Waals surface area (Å²) in [7, 11) is 0. The molecule has 0 aromatic heterocycles. The summed E-state index contributed by atoms with van der Waals surface area (Å²) in [6, 6.07) is 0. The molecule has 46 valence electrons. The minimum atomic E-state index is -1.92. The second kappa shape index (κ2) is 4.14. The summed E-state index contributed by atoms with van der Waals surface area (Å²) < 4.78 is 0. The predicted octanol–water partition coefficient (Wildman–Crippen LogP) is 2.26. The molecule has 0 radical (unpaired) electrons. The Kier molecular flexibility index (Phi) is 6.55. The van der Waals surface area contributed by atoms with Crippen molar-refractivity contribution in [1.29, 1.82) is 0 Å². The third-order valence-electron chi connectivity index (χ3n) is 0.358. The van der Waals surface area contributed by atoms with Crippen LogP contribution in [0.3, 0.4) is 0 Å². The Morgan fingerprint density at radius 1 is 1.57 bits per heavy atom. The van der Waals surface area contributed by atoms with Crippen LogP contribution in [0.5, 0.6) is 0 Å². The molecule has 0 aliphatic rings. The van der Waals surface area contributed by atoms with Crippen LogP contribution < -0.4 is 0 Å². The fraction of sp³-hybridized carbons (Fsp3) is 0.333. The van der Waals surface area contributed by atoms with Gasteiger partial charge in [-0.3, -0.25) is 0 Å². The molecule has 0 atom stereocenters. The van der Waals surface area contributed by atoms with Gasteiger partial charge in [0, 0.05) is 21.1 Å². The zero-order chi connectivity index (χ0) is 5.21. The Morgan fingerprint density at radius 2 is 1.71 bits per heavy atom. The second-order valence-corrected chi connectivity index (χ2v) is 8.77. The number of halogens is 2. The van der Waals surface area contributed by atoms with Crippen molar-refractivity contribution in [2.24, 2.45) is 0 Å². The molecule has 0 aliphatic heterocycles. The van der Waals surface area contributed by atoms with E-state index in [1.54, 1.807) is 12.2 Å². The molecule has 0 saturated heterocycles. The Morgan fingerprint density at radius 3 is 1.71 bits per heavy atom. The smallest absolute Gasteiger partial charge is 0.141 e. The molecule has 0 aliphatic carbocycles. The third kappa shape index (κ3) is 11.0. The van der Waals surface area contributed by atoms with Gasteiger partial charge in [-0.1, -0.05) is 5.70 Å². The predicted molar refractivity (Wildman–Crippen MR) is 33.5 cm³/mol. The van der Waals surface area contributed by atoms with Crippen LogP contribution in [0, 0.1) is 0 Å². The molecule has 0 aromatic rings. The molecule has 0 spiro atoms. The zero-order valence-corrected chi connectivity index (χ0v) is 8.64. The van der Waals surface area contributed by atoms with Crippen molar-refractivity contribution in [3.63, 3.8) is 0 Å². The third-order valence-corrected chi connectivity index (χ3v) is 2.00. The van der Waals surface area contributed by atoms with Gasteiger partial charge in [0.05, 0.1) is 0 Å². The van der Waals surface area contributed by atoms with Crippen molar-refractivity contribution < 1.29 is 21.1 Å². The second-order valence-electron chi connectivity index (χ2n) is 1.16. The Hall–Kier alpha value is 1.23. The van der Waals surface area contributed by atoms with Gasteiger partial charge in [-0.2, -0.15) is 0 Å². The number of hydrogen-bond donors (Lipinski definition) is 0. The number of hydrogen-bond acceptors (Lipinski definition) is 0. The topological polar surface area (TPSA) is 0 Å². The Balaban J connectivity index is 0. The van der Waals surface area contributed by atoms with Crippen molar-refractivity contribution in [1.82, 2.24) is 0 Å². The van der Waals surface area contributed by atoms with Crippen molar-refractivity contribution >= 4 is 28.9 Å². The van der Waals surface area contributed by atoms with E-state index in [1.165, 1.54) is 0 Å². The summed E-state index contributed by atoms with van der Waals surface area (Å²) in [5, 5.41) is 0. The largest absolute Gasteiger partial charge is 0.270 e. The van der Waals surface area contributed by atoms with Gasteiger partial charge in [0.25, 0.3) is 6.69 Å². The molecule has 0 aromatic carbocycles. The van der Waals surface area contributed by atoms with E-state index in [0.717, 1.165) is 0 Å². The van der Waals surface area contributed by atoms with Crippen LogP contribution in [0.15, 0.2) is 12.3 Å². The average molecular weight is 336 g/mol. The first-order valence-electron chi connectivity index (χ1n) is 1.57. The van der Waals surface area contributed by atoms with E-state index in [-0.39, 0.29) is 21.1 Å². The van der Waals surface area contributed by atoms with E-state index in [1.807, 2.05) is 0 Å². The van der Waals surface area contributed by atoms with Gasteiger partial charge >= 0.3 is 0 Å². The molecular formula is C3H6Cl2PtSi. The van der Waals surface area contributed by atoms with E-state index in [2.05, 4.69) is 6.58 Å². The summed E-state index contributed by atoms with van der Waals surface area (Å²) in [4.78, 5) is 0. The first kappa shape index (κ1) is 11.1. The van der Waals surface area contributed by atoms with Gasteiger partial charge < -0.3 is 0 Å². The molecule has 0 nitrogen and oxygen atoms in total. The molecule has 0 heterocycles. The van der Waals surface area contributed by atoms with Crippen LogP contribution in [0.25, 0.3) is 0 Å². The zero-order valence-electron chi connectivity index (χ0n) is 3.86. The molecular weight excluding hydrogens is 330 g/mol. The average Bonchev–Trinajstić information content (AvgIpc) is 1.35. The van der Waals surface area contributed by atoms with Crippen molar-refractivity contribution in [3.05, 3.63) is 12.3 Å². The SMILES string of the molecule is C=C[Si](C)(Cl)Cl.[Pt]. The number of rotatable bonds is 1. The molecule has 0 rings (SSSR count). The Labute approximate surface area is 68.6 Å². The van der Waals surface area contributed by atoms with Crippen molar-refractivity contribution in [2.75, 3.05) is 0 Å². The molecule has 4 heteroatoms. The van der Waals surface area contributed by atoms with E-state index in [4.69, 9.17) is 22.2 Å². The van der Waals surface area contributed by atoms with E-state index < -0.39 is 6.69 Å². The molecule has 0 N–H and O–H groups in total. The minimum Gasteiger partial charge on any atom is -0.141 e. The van der Waals surface area contributed by atoms with Gasteiger partial charge in [-0.05, 0) is 6.55 Å². The van der Waals surface area contributed by atoms with E-state index >= 15 is 0 Å². The van der Waals surface area contributed by atoms with Gasteiger partial charge in [-0.25, -0.2) is 0 Å². The molecule has 0 fully saturated rings. The fourth-order valence-corrected chi connectivity index (χ4v) is 0. The van der Waals surface area contributed by atoms with Crippen LogP contribution >= 0.6 is 22.2 Å². The van der Waals surface area contributed by atoms with E-state index in [0.29, 0.717) is 0 Å². The Bertz CT molecular complexity index is 58.4. The summed E-state index contributed by atoms with van der Waals surface area (Å²) in [5.74, 6) is 0. The molecule has 0 saturated carbocycles. The van der Waals surface area contributed by atoms with E-state index in [9.17, 15) is 0 Å². The summed E-state index contributed by atoms with van der Waals surface area (Å²) in [6.45, 7) is 3.30. The van der Waals surface area contributed by atoms with Gasteiger partial charge in [-0.15, -0.1) is 28.7 Å². The van der Waals surface area contributed by atoms with Crippen LogP contribution in [-0.2, 0) is 21.1 Å². The standard InChI is InChI=1S/C3H6Cl2Si.Pt/c1-3-6(2,4)5;/h3H,1H2,2H3;. The summed E-state index contributed by atoms with van der Waals surface area (Å²) in [6.07, 6.45) is 0. The monoisotopic (exact) mass is 335 g/mol. The molecule has 0 bridgehead atoms.